The number of fused-ring (bicyclic) bond motifs is 1. The Morgan fingerprint density at radius 1 is 0.871 bits per heavy atom. The molecule has 0 spiro atoms. The Morgan fingerprint density at radius 3 is 2.39 bits per heavy atom. The lowest BCUT2D eigenvalue weighted by molar-refractivity contribution is 0.318. The molecule has 4 rings (SSSR count). The Balaban J connectivity index is 1.80. The Labute approximate surface area is 179 Å². The van der Waals surface area contributed by atoms with Crippen LogP contribution in [0.3, 0.4) is 0 Å². The first-order chi connectivity index (χ1) is 15.1. The third-order valence-electron chi connectivity index (χ3n) is 4.93. The van der Waals surface area contributed by atoms with E-state index >= 15 is 0 Å². The maximum absolute atomic E-state index is 10.5. The fourth-order valence-corrected chi connectivity index (χ4v) is 3.50. The van der Waals surface area contributed by atoms with Crippen molar-refractivity contribution in [1.82, 2.24) is 4.98 Å². The molecule has 160 valence electrons. The molecule has 0 saturated heterocycles. The molecule has 0 unspecified atom stereocenters. The first kappa shape index (κ1) is 20.4. The Kier molecular flexibility index (Phi) is 5.58. The van der Waals surface area contributed by atoms with Crippen LogP contribution in [0.5, 0.6) is 28.7 Å². The number of aromatic hydroxyl groups is 1. The molecule has 0 atom stereocenters. The fraction of sp³-hybridized carbons (Fsp3) is 0.208. The lowest BCUT2D eigenvalue weighted by Gasteiger charge is -2.15. The number of hydrogen-bond donors (Lipinski definition) is 1. The first-order valence-electron chi connectivity index (χ1n) is 9.76. The average molecular weight is 421 g/mol. The van der Waals surface area contributed by atoms with E-state index in [1.54, 1.807) is 39.5 Å². The van der Waals surface area contributed by atoms with Gasteiger partial charge in [0.2, 0.25) is 11.6 Å². The van der Waals surface area contributed by atoms with Gasteiger partial charge >= 0.3 is 0 Å². The number of methoxy groups -OCH3 is 3. The van der Waals surface area contributed by atoms with Crippen molar-refractivity contribution in [3.05, 3.63) is 48.5 Å². The van der Waals surface area contributed by atoms with Crippen molar-refractivity contribution in [1.29, 1.82) is 0 Å². The topological polar surface area (TPSA) is 83.2 Å². The van der Waals surface area contributed by atoms with Crippen molar-refractivity contribution in [3.63, 3.8) is 0 Å². The molecule has 0 amide bonds. The Hall–Kier alpha value is -3.87. The molecule has 4 aromatic rings. The Bertz CT molecular complexity index is 1230. The van der Waals surface area contributed by atoms with Crippen LogP contribution in [0.25, 0.3) is 33.7 Å². The summed E-state index contributed by atoms with van der Waals surface area (Å²) in [6.45, 7) is 2.30. The highest BCUT2D eigenvalue weighted by Crippen LogP contribution is 2.45. The highest BCUT2D eigenvalue weighted by Gasteiger charge is 2.19. The van der Waals surface area contributed by atoms with E-state index in [1.165, 1.54) is 0 Å². The van der Waals surface area contributed by atoms with Gasteiger partial charge in [0, 0.05) is 5.56 Å². The predicted molar refractivity (Wildman–Crippen MR) is 117 cm³/mol. The monoisotopic (exact) mass is 421 g/mol. The van der Waals surface area contributed by atoms with Crippen molar-refractivity contribution < 1.29 is 28.5 Å². The number of nitrogens with zero attached hydrogens (tertiary/aromatic N) is 1. The molecule has 1 aromatic heterocycles. The molecular formula is C24H23NO6. The summed E-state index contributed by atoms with van der Waals surface area (Å²) >= 11 is 0. The molecule has 0 radical (unpaired) electrons. The minimum Gasteiger partial charge on any atom is -0.504 e. The van der Waals surface area contributed by atoms with Gasteiger partial charge in [-0.3, -0.25) is 0 Å². The van der Waals surface area contributed by atoms with Crippen LogP contribution in [-0.4, -0.2) is 38.0 Å². The molecule has 1 heterocycles. The van der Waals surface area contributed by atoms with E-state index < -0.39 is 0 Å². The van der Waals surface area contributed by atoms with Crippen LogP contribution in [0, 0.1) is 0 Å². The summed E-state index contributed by atoms with van der Waals surface area (Å²) in [5.74, 6) is 2.35. The molecule has 31 heavy (non-hydrogen) atoms. The van der Waals surface area contributed by atoms with Crippen LogP contribution in [0.15, 0.2) is 52.9 Å². The maximum Gasteiger partial charge on any atom is 0.231 e. The third-order valence-corrected chi connectivity index (χ3v) is 4.93. The number of para-hydroxylation sites is 1. The van der Waals surface area contributed by atoms with Crippen LogP contribution in [0.4, 0.5) is 0 Å². The molecule has 0 bridgehead atoms. The number of oxazole rings is 1. The fourth-order valence-electron chi connectivity index (χ4n) is 3.50. The van der Waals surface area contributed by atoms with E-state index in [-0.39, 0.29) is 5.75 Å². The minimum absolute atomic E-state index is 0.00214. The second-order valence-corrected chi connectivity index (χ2v) is 6.67. The van der Waals surface area contributed by atoms with Crippen molar-refractivity contribution in [2.75, 3.05) is 27.9 Å². The molecule has 1 N–H and O–H groups in total. The van der Waals surface area contributed by atoms with Crippen molar-refractivity contribution in [2.45, 2.75) is 6.92 Å². The van der Waals surface area contributed by atoms with Gasteiger partial charge in [0.15, 0.2) is 28.6 Å². The van der Waals surface area contributed by atoms with E-state index in [4.69, 9.17) is 23.4 Å². The highest BCUT2D eigenvalue weighted by atomic mass is 16.5. The number of phenolic OH excluding ortho intramolecular Hbond substituents is 1. The number of ether oxygens (including phenoxy) is 4. The number of aromatic nitrogens is 1. The molecule has 0 saturated carbocycles. The zero-order valence-electron chi connectivity index (χ0n) is 17.8. The summed E-state index contributed by atoms with van der Waals surface area (Å²) in [5, 5.41) is 10.5. The normalized spacial score (nSPS) is 10.8. The van der Waals surface area contributed by atoms with Gasteiger partial charge in [-0.05, 0) is 48.9 Å². The quantitative estimate of drug-likeness (QED) is 0.434. The molecule has 0 aliphatic carbocycles. The smallest absolute Gasteiger partial charge is 0.231 e. The summed E-state index contributed by atoms with van der Waals surface area (Å²) in [6.07, 6.45) is 0. The van der Waals surface area contributed by atoms with Crippen LogP contribution in [0.1, 0.15) is 6.92 Å². The zero-order chi connectivity index (χ0) is 22.0. The van der Waals surface area contributed by atoms with Crippen LogP contribution in [-0.2, 0) is 0 Å². The largest absolute Gasteiger partial charge is 0.504 e. The molecule has 0 fully saturated rings. The van der Waals surface area contributed by atoms with Gasteiger partial charge in [0.1, 0.15) is 5.52 Å². The predicted octanol–water partition coefficient (Wildman–Crippen LogP) is 5.29. The van der Waals surface area contributed by atoms with Gasteiger partial charge in [0.05, 0.1) is 33.5 Å². The average Bonchev–Trinajstić information content (AvgIpc) is 3.22. The summed E-state index contributed by atoms with van der Waals surface area (Å²) in [7, 11) is 4.73. The third kappa shape index (κ3) is 3.59. The van der Waals surface area contributed by atoms with Crippen molar-refractivity contribution in [2.24, 2.45) is 0 Å². The van der Waals surface area contributed by atoms with E-state index in [2.05, 4.69) is 4.98 Å². The van der Waals surface area contributed by atoms with Crippen molar-refractivity contribution in [3.8, 4) is 51.3 Å². The molecule has 0 aliphatic rings. The highest BCUT2D eigenvalue weighted by molar-refractivity contribution is 5.86. The summed E-state index contributed by atoms with van der Waals surface area (Å²) in [6, 6.07) is 14.6. The SMILES string of the molecule is CCOc1cccc(-c2nc3ccc(-c4ccc(OC)c(OC)c4OC)cc3o2)c1O. The molecule has 3 aromatic carbocycles. The van der Waals surface area contributed by atoms with E-state index in [0.29, 0.717) is 52.2 Å². The van der Waals surface area contributed by atoms with Gasteiger partial charge in [-0.1, -0.05) is 12.1 Å². The van der Waals surface area contributed by atoms with E-state index in [0.717, 1.165) is 11.1 Å². The second-order valence-electron chi connectivity index (χ2n) is 6.67. The molecule has 7 nitrogen and oxygen atoms in total. The zero-order valence-corrected chi connectivity index (χ0v) is 17.8. The van der Waals surface area contributed by atoms with Crippen molar-refractivity contribution >= 4 is 11.1 Å². The lowest BCUT2D eigenvalue weighted by atomic mass is 10.0. The standard InChI is InChI=1S/C24H23NO6/c1-5-30-18-8-6-7-16(21(18)26)24-25-17-11-9-14(13-20(17)31-24)15-10-12-19(27-2)23(29-4)22(15)28-3/h6-13,26H,5H2,1-4H3. The molecular weight excluding hydrogens is 398 g/mol. The number of rotatable bonds is 7. The van der Waals surface area contributed by atoms with Gasteiger partial charge in [-0.15, -0.1) is 0 Å². The van der Waals surface area contributed by atoms with Gasteiger partial charge < -0.3 is 28.5 Å². The van der Waals surface area contributed by atoms with E-state index in [1.807, 2.05) is 37.3 Å². The van der Waals surface area contributed by atoms with Gasteiger partial charge in [0.25, 0.3) is 0 Å². The van der Waals surface area contributed by atoms with Crippen LogP contribution in [0.2, 0.25) is 0 Å². The van der Waals surface area contributed by atoms with E-state index in [9.17, 15) is 5.11 Å². The van der Waals surface area contributed by atoms with Gasteiger partial charge in [-0.25, -0.2) is 4.98 Å². The molecule has 7 heteroatoms. The minimum atomic E-state index is -0.00214. The first-order valence-corrected chi connectivity index (χ1v) is 9.76. The number of phenols is 1. The maximum atomic E-state index is 10.5. The Morgan fingerprint density at radius 2 is 1.68 bits per heavy atom. The summed E-state index contributed by atoms with van der Waals surface area (Å²) < 4.78 is 27.9. The van der Waals surface area contributed by atoms with Crippen LogP contribution >= 0.6 is 0 Å². The summed E-state index contributed by atoms with van der Waals surface area (Å²) in [5.41, 5.74) is 3.39. The number of benzene rings is 3. The molecule has 0 aliphatic heterocycles. The van der Waals surface area contributed by atoms with Gasteiger partial charge in [-0.2, -0.15) is 0 Å². The lowest BCUT2D eigenvalue weighted by Crippen LogP contribution is -1.96. The second kappa shape index (κ2) is 8.47. The van der Waals surface area contributed by atoms with Crippen LogP contribution < -0.4 is 18.9 Å². The summed E-state index contributed by atoms with van der Waals surface area (Å²) in [4.78, 5) is 4.53. The number of hydrogen-bond acceptors (Lipinski definition) is 7.